The van der Waals surface area contributed by atoms with Gasteiger partial charge in [0.05, 0.1) is 12.3 Å². The third-order valence-corrected chi connectivity index (χ3v) is 3.01. The fraction of sp³-hybridized carbons (Fsp3) is 0.333. The zero-order valence-electron chi connectivity index (χ0n) is 11.9. The minimum absolute atomic E-state index is 0.467. The first-order valence-electron chi connectivity index (χ1n) is 6.35. The molecule has 0 unspecified atom stereocenters. The zero-order valence-corrected chi connectivity index (χ0v) is 11.9. The van der Waals surface area contributed by atoms with Crippen LogP contribution >= 0.6 is 0 Å². The summed E-state index contributed by atoms with van der Waals surface area (Å²) >= 11 is 0. The van der Waals surface area contributed by atoms with Crippen LogP contribution < -0.4 is 4.74 Å². The Hall–Kier alpha value is -2.32. The lowest BCUT2D eigenvalue weighted by atomic mass is 10.1. The standard InChI is InChI=1S/C15H17N3O2/c1-11-14(10-16)15(18(2)17-11)20-13-6-4-12(5-7-13)8-9-19-3/h4-7H,8-9H2,1-3H3. The van der Waals surface area contributed by atoms with Gasteiger partial charge in [-0.1, -0.05) is 12.1 Å². The quantitative estimate of drug-likeness (QED) is 0.838. The molecule has 1 aromatic heterocycles. The number of hydrogen-bond acceptors (Lipinski definition) is 4. The van der Waals surface area contributed by atoms with Gasteiger partial charge in [-0.15, -0.1) is 0 Å². The van der Waals surface area contributed by atoms with E-state index in [1.54, 1.807) is 25.8 Å². The van der Waals surface area contributed by atoms with Crippen molar-refractivity contribution in [3.8, 4) is 17.7 Å². The number of ether oxygens (including phenoxy) is 2. The van der Waals surface area contributed by atoms with Gasteiger partial charge in [0.25, 0.3) is 0 Å². The summed E-state index contributed by atoms with van der Waals surface area (Å²) in [6, 6.07) is 9.87. The van der Waals surface area contributed by atoms with Gasteiger partial charge in [-0.05, 0) is 31.0 Å². The van der Waals surface area contributed by atoms with E-state index in [4.69, 9.17) is 14.7 Å². The summed E-state index contributed by atoms with van der Waals surface area (Å²) in [5, 5.41) is 13.3. The summed E-state index contributed by atoms with van der Waals surface area (Å²) in [5.41, 5.74) is 2.32. The first-order valence-corrected chi connectivity index (χ1v) is 6.35. The van der Waals surface area contributed by atoms with Crippen LogP contribution in [0.25, 0.3) is 0 Å². The Kier molecular flexibility index (Phi) is 4.38. The van der Waals surface area contributed by atoms with E-state index in [-0.39, 0.29) is 0 Å². The normalized spacial score (nSPS) is 10.3. The van der Waals surface area contributed by atoms with Gasteiger partial charge in [0.1, 0.15) is 17.4 Å². The first kappa shape index (κ1) is 14.1. The number of benzene rings is 1. The molecule has 0 aliphatic rings. The number of rotatable bonds is 5. The molecule has 20 heavy (non-hydrogen) atoms. The Morgan fingerprint density at radius 3 is 2.60 bits per heavy atom. The largest absolute Gasteiger partial charge is 0.438 e. The molecule has 0 bridgehead atoms. The number of aromatic nitrogens is 2. The van der Waals surface area contributed by atoms with E-state index in [0.717, 1.165) is 6.42 Å². The van der Waals surface area contributed by atoms with Crippen LogP contribution in [0.5, 0.6) is 11.6 Å². The molecule has 2 aromatic rings. The van der Waals surface area contributed by atoms with Gasteiger partial charge in [0, 0.05) is 14.2 Å². The second kappa shape index (κ2) is 6.22. The smallest absolute Gasteiger partial charge is 0.235 e. The fourth-order valence-corrected chi connectivity index (χ4v) is 1.94. The molecule has 2 rings (SSSR count). The molecule has 5 nitrogen and oxygen atoms in total. The maximum absolute atomic E-state index is 9.13. The maximum atomic E-state index is 9.13. The highest BCUT2D eigenvalue weighted by atomic mass is 16.5. The highest BCUT2D eigenvalue weighted by Gasteiger charge is 2.14. The van der Waals surface area contributed by atoms with E-state index < -0.39 is 0 Å². The highest BCUT2D eigenvalue weighted by Crippen LogP contribution is 2.26. The molecule has 1 aromatic carbocycles. The number of hydrogen-bond donors (Lipinski definition) is 0. The third-order valence-electron chi connectivity index (χ3n) is 3.01. The van der Waals surface area contributed by atoms with Crippen LogP contribution in [0.15, 0.2) is 24.3 Å². The first-order chi connectivity index (χ1) is 9.65. The lowest BCUT2D eigenvalue weighted by Gasteiger charge is -2.07. The van der Waals surface area contributed by atoms with E-state index in [9.17, 15) is 0 Å². The van der Waals surface area contributed by atoms with Crippen LogP contribution in [0.2, 0.25) is 0 Å². The van der Waals surface area contributed by atoms with Crippen LogP contribution in [-0.2, 0) is 18.2 Å². The summed E-state index contributed by atoms with van der Waals surface area (Å²) in [5.74, 6) is 1.15. The van der Waals surface area contributed by atoms with Crippen LogP contribution in [0, 0.1) is 18.3 Å². The molecule has 0 spiro atoms. The Morgan fingerprint density at radius 1 is 1.30 bits per heavy atom. The van der Waals surface area contributed by atoms with Crippen molar-refractivity contribution >= 4 is 0 Å². The molecule has 0 aliphatic carbocycles. The lowest BCUT2D eigenvalue weighted by Crippen LogP contribution is -1.97. The predicted octanol–water partition coefficient (Wildman–Crippen LogP) is 2.58. The Bertz CT molecular complexity index is 624. The summed E-state index contributed by atoms with van der Waals surface area (Å²) in [6.07, 6.45) is 0.866. The molecular weight excluding hydrogens is 254 g/mol. The molecule has 0 saturated heterocycles. The topological polar surface area (TPSA) is 60.1 Å². The van der Waals surface area contributed by atoms with E-state index in [2.05, 4.69) is 11.2 Å². The van der Waals surface area contributed by atoms with Crippen molar-refractivity contribution in [3.63, 3.8) is 0 Å². The van der Waals surface area contributed by atoms with Gasteiger partial charge in [-0.3, -0.25) is 0 Å². The Labute approximate surface area is 118 Å². The van der Waals surface area contributed by atoms with Crippen LogP contribution in [-0.4, -0.2) is 23.5 Å². The number of nitriles is 1. The molecule has 0 fully saturated rings. The van der Waals surface area contributed by atoms with Crippen molar-refractivity contribution < 1.29 is 9.47 Å². The fourth-order valence-electron chi connectivity index (χ4n) is 1.94. The Balaban J connectivity index is 2.17. The number of nitrogens with zero attached hydrogens (tertiary/aromatic N) is 3. The molecule has 0 amide bonds. The van der Waals surface area contributed by atoms with Crippen molar-refractivity contribution in [1.29, 1.82) is 5.26 Å². The SMILES string of the molecule is COCCc1ccc(Oc2c(C#N)c(C)nn2C)cc1. The molecular formula is C15H17N3O2. The minimum atomic E-state index is 0.467. The van der Waals surface area contributed by atoms with E-state index in [0.29, 0.717) is 29.5 Å². The molecule has 0 aliphatic heterocycles. The molecule has 104 valence electrons. The van der Waals surface area contributed by atoms with Crippen LogP contribution in [0.3, 0.4) is 0 Å². The highest BCUT2D eigenvalue weighted by molar-refractivity contribution is 5.44. The van der Waals surface area contributed by atoms with E-state index in [1.807, 2.05) is 24.3 Å². The monoisotopic (exact) mass is 271 g/mol. The second-order valence-electron chi connectivity index (χ2n) is 4.49. The van der Waals surface area contributed by atoms with Gasteiger partial charge in [0.15, 0.2) is 0 Å². The molecule has 0 atom stereocenters. The van der Waals surface area contributed by atoms with Crippen molar-refractivity contribution in [2.24, 2.45) is 7.05 Å². The van der Waals surface area contributed by atoms with Gasteiger partial charge in [-0.2, -0.15) is 10.4 Å². The molecule has 1 heterocycles. The van der Waals surface area contributed by atoms with Crippen LogP contribution in [0.1, 0.15) is 16.8 Å². The zero-order chi connectivity index (χ0) is 14.5. The van der Waals surface area contributed by atoms with Gasteiger partial charge in [0.2, 0.25) is 5.88 Å². The molecule has 5 heteroatoms. The average molecular weight is 271 g/mol. The van der Waals surface area contributed by atoms with Crippen LogP contribution in [0.4, 0.5) is 0 Å². The van der Waals surface area contributed by atoms with Gasteiger partial charge in [-0.25, -0.2) is 4.68 Å². The number of aryl methyl sites for hydroxylation is 2. The predicted molar refractivity (Wildman–Crippen MR) is 74.8 cm³/mol. The van der Waals surface area contributed by atoms with E-state index >= 15 is 0 Å². The Morgan fingerprint density at radius 2 is 2.00 bits per heavy atom. The maximum Gasteiger partial charge on any atom is 0.235 e. The summed E-state index contributed by atoms with van der Waals surface area (Å²) in [7, 11) is 3.45. The molecule has 0 N–H and O–H groups in total. The van der Waals surface area contributed by atoms with Crippen molar-refractivity contribution in [2.75, 3.05) is 13.7 Å². The summed E-state index contributed by atoms with van der Waals surface area (Å²) in [4.78, 5) is 0. The van der Waals surface area contributed by atoms with Crippen molar-refractivity contribution in [2.45, 2.75) is 13.3 Å². The second-order valence-corrected chi connectivity index (χ2v) is 4.49. The van der Waals surface area contributed by atoms with Gasteiger partial charge >= 0.3 is 0 Å². The average Bonchev–Trinajstić information content (AvgIpc) is 2.72. The van der Waals surface area contributed by atoms with Gasteiger partial charge < -0.3 is 9.47 Å². The van der Waals surface area contributed by atoms with Crippen molar-refractivity contribution in [3.05, 3.63) is 41.1 Å². The lowest BCUT2D eigenvalue weighted by molar-refractivity contribution is 0.202. The summed E-state index contributed by atoms with van der Waals surface area (Å²) < 4.78 is 12.4. The number of methoxy groups -OCH3 is 1. The summed E-state index contributed by atoms with van der Waals surface area (Å²) in [6.45, 7) is 2.49. The van der Waals surface area contributed by atoms with E-state index in [1.165, 1.54) is 5.56 Å². The van der Waals surface area contributed by atoms with Crippen molar-refractivity contribution in [1.82, 2.24) is 9.78 Å². The molecule has 0 radical (unpaired) electrons. The molecule has 0 saturated carbocycles. The third kappa shape index (κ3) is 2.98. The minimum Gasteiger partial charge on any atom is -0.438 e.